The van der Waals surface area contributed by atoms with Gasteiger partial charge in [-0.15, -0.1) is 11.8 Å². The van der Waals surface area contributed by atoms with Crippen molar-refractivity contribution < 1.29 is 0 Å². The Balaban J connectivity index is 1.93. The van der Waals surface area contributed by atoms with Gasteiger partial charge in [-0.3, -0.25) is 0 Å². The van der Waals surface area contributed by atoms with Crippen molar-refractivity contribution in [1.29, 1.82) is 0 Å². The van der Waals surface area contributed by atoms with Crippen LogP contribution in [0.1, 0.15) is 29.7 Å². The summed E-state index contributed by atoms with van der Waals surface area (Å²) in [4.78, 5) is 1.38. The van der Waals surface area contributed by atoms with Crippen LogP contribution in [0.25, 0.3) is 27.7 Å². The molecule has 0 unspecified atom stereocenters. The number of nitrogens with zero attached hydrogens (tertiary/aromatic N) is 1. The van der Waals surface area contributed by atoms with E-state index in [0.717, 1.165) is 0 Å². The molecule has 0 radical (unpaired) electrons. The lowest BCUT2D eigenvalue weighted by molar-refractivity contribution is 0.667. The van der Waals surface area contributed by atoms with E-state index in [4.69, 9.17) is 0 Å². The van der Waals surface area contributed by atoms with E-state index in [0.29, 0.717) is 0 Å². The van der Waals surface area contributed by atoms with E-state index < -0.39 is 0 Å². The number of hydrogen-bond donors (Lipinski definition) is 0. The summed E-state index contributed by atoms with van der Waals surface area (Å²) in [5.41, 5.74) is 9.87. The van der Waals surface area contributed by atoms with Gasteiger partial charge in [-0.2, -0.15) is 0 Å². The molecular weight excluding hydrogens is 358 g/mol. The molecule has 2 heteroatoms. The van der Waals surface area contributed by atoms with Crippen molar-refractivity contribution in [2.45, 2.75) is 37.5 Å². The van der Waals surface area contributed by atoms with Crippen molar-refractivity contribution in [2.24, 2.45) is 0 Å². The van der Waals surface area contributed by atoms with Crippen LogP contribution in [0.4, 0.5) is 0 Å². The van der Waals surface area contributed by atoms with Gasteiger partial charge in [0.2, 0.25) is 0 Å². The average molecular weight is 384 g/mol. The molecule has 28 heavy (non-hydrogen) atoms. The van der Waals surface area contributed by atoms with E-state index in [1.807, 2.05) is 11.8 Å². The van der Waals surface area contributed by atoms with Crippen molar-refractivity contribution in [3.63, 3.8) is 0 Å². The van der Waals surface area contributed by atoms with Crippen LogP contribution >= 0.6 is 11.8 Å². The van der Waals surface area contributed by atoms with Crippen molar-refractivity contribution in [1.82, 2.24) is 4.57 Å². The number of hydrogen-bond acceptors (Lipinski definition) is 1. The molecule has 0 N–H and O–H groups in total. The Morgan fingerprint density at radius 3 is 2.36 bits per heavy atom. The highest BCUT2D eigenvalue weighted by Gasteiger charge is 2.25. The summed E-state index contributed by atoms with van der Waals surface area (Å²) < 4.78 is 2.52. The molecule has 1 aliphatic carbocycles. The molecule has 5 rings (SSSR count). The number of aryl methyl sites for hydroxylation is 2. The predicted octanol–water partition coefficient (Wildman–Crippen LogP) is 7.21. The van der Waals surface area contributed by atoms with Gasteiger partial charge >= 0.3 is 0 Å². The summed E-state index contributed by atoms with van der Waals surface area (Å²) in [6.45, 7) is 2.24. The number of thioether (sulfide) groups is 1. The smallest absolute Gasteiger partial charge is 0.0541 e. The van der Waals surface area contributed by atoms with Crippen LogP contribution in [0.15, 0.2) is 71.6 Å². The molecule has 0 aliphatic heterocycles. The molecule has 0 spiro atoms. The summed E-state index contributed by atoms with van der Waals surface area (Å²) in [6.07, 6.45) is 7.12. The number of benzene rings is 3. The highest BCUT2D eigenvalue weighted by Crippen LogP contribution is 2.44. The molecule has 0 bridgehead atoms. The maximum atomic E-state index is 2.52. The normalized spacial score (nSPS) is 13.6. The zero-order chi connectivity index (χ0) is 19.1. The predicted molar refractivity (Wildman–Crippen MR) is 122 cm³/mol. The zero-order valence-corrected chi connectivity index (χ0v) is 17.4. The molecule has 0 amide bonds. The molecule has 0 saturated carbocycles. The fourth-order valence-electron chi connectivity index (χ4n) is 4.78. The van der Waals surface area contributed by atoms with Gasteiger partial charge in [0.1, 0.15) is 0 Å². The topological polar surface area (TPSA) is 4.93 Å². The number of fused-ring (bicyclic) bond motifs is 3. The molecule has 140 valence electrons. The maximum Gasteiger partial charge on any atom is 0.0541 e. The van der Waals surface area contributed by atoms with E-state index in [1.165, 1.54) is 69.6 Å². The van der Waals surface area contributed by atoms with Crippen LogP contribution in [-0.2, 0) is 12.8 Å². The van der Waals surface area contributed by atoms with E-state index >= 15 is 0 Å². The Hall–Kier alpha value is -2.45. The molecule has 0 saturated heterocycles. The van der Waals surface area contributed by atoms with Gasteiger partial charge in [-0.1, -0.05) is 42.5 Å². The van der Waals surface area contributed by atoms with Gasteiger partial charge in [-0.05, 0) is 79.8 Å². The SMILES string of the molecule is CSc1ccc2c(c3c(n2-c2ccccc2)CCCC3)c1-c1ccccc1C. The largest absolute Gasteiger partial charge is 0.313 e. The van der Waals surface area contributed by atoms with Crippen LogP contribution in [-0.4, -0.2) is 10.8 Å². The second kappa shape index (κ2) is 7.18. The summed E-state index contributed by atoms with van der Waals surface area (Å²) in [5, 5.41) is 1.47. The number of aromatic nitrogens is 1. The average Bonchev–Trinajstić information content (AvgIpc) is 3.08. The molecule has 0 fully saturated rings. The first-order valence-electron chi connectivity index (χ1n) is 10.1. The standard InChI is InChI=1S/C26H25NS/c1-18-10-6-7-13-20(18)26-24(28-2)17-16-23-25(26)21-14-8-9-15-22(21)27(23)19-11-4-3-5-12-19/h3-7,10-13,16-17H,8-9,14-15H2,1-2H3. The number of para-hydroxylation sites is 1. The van der Waals surface area contributed by atoms with Gasteiger partial charge in [0.25, 0.3) is 0 Å². The minimum atomic E-state index is 1.17. The van der Waals surface area contributed by atoms with Crippen LogP contribution in [0.5, 0.6) is 0 Å². The van der Waals surface area contributed by atoms with Gasteiger partial charge in [-0.25, -0.2) is 0 Å². The van der Waals surface area contributed by atoms with E-state index in [9.17, 15) is 0 Å². The Bertz CT molecular complexity index is 1150. The molecule has 4 aromatic rings. The molecular formula is C26H25NS. The molecule has 1 nitrogen and oxygen atoms in total. The van der Waals surface area contributed by atoms with E-state index in [-0.39, 0.29) is 0 Å². The quantitative estimate of drug-likeness (QED) is 0.338. The van der Waals surface area contributed by atoms with Crippen LogP contribution in [0.3, 0.4) is 0 Å². The second-order valence-electron chi connectivity index (χ2n) is 7.66. The van der Waals surface area contributed by atoms with Gasteiger partial charge in [0.05, 0.1) is 5.52 Å². The summed E-state index contributed by atoms with van der Waals surface area (Å²) in [5.74, 6) is 0. The number of rotatable bonds is 3. The molecule has 1 aliphatic rings. The lowest BCUT2D eigenvalue weighted by atomic mass is 9.90. The molecule has 3 aromatic carbocycles. The lowest BCUT2D eigenvalue weighted by Gasteiger charge is -2.16. The Morgan fingerprint density at radius 1 is 0.821 bits per heavy atom. The van der Waals surface area contributed by atoms with Crippen LogP contribution in [0.2, 0.25) is 0 Å². The maximum absolute atomic E-state index is 2.52. The summed E-state index contributed by atoms with van der Waals surface area (Å²) >= 11 is 1.86. The fraction of sp³-hybridized carbons (Fsp3) is 0.231. The minimum Gasteiger partial charge on any atom is -0.313 e. The van der Waals surface area contributed by atoms with Gasteiger partial charge < -0.3 is 4.57 Å². The van der Waals surface area contributed by atoms with Crippen molar-refractivity contribution >= 4 is 22.7 Å². The first kappa shape index (κ1) is 17.6. The lowest BCUT2D eigenvalue weighted by Crippen LogP contribution is -2.06. The Kier molecular flexibility index (Phi) is 4.52. The summed E-state index contributed by atoms with van der Waals surface area (Å²) in [6, 6.07) is 24.4. The third-order valence-corrected chi connectivity index (χ3v) is 6.83. The van der Waals surface area contributed by atoms with Gasteiger partial charge in [0.15, 0.2) is 0 Å². The first-order valence-corrected chi connectivity index (χ1v) is 11.4. The minimum absolute atomic E-state index is 1.17. The molecule has 1 aromatic heterocycles. The van der Waals surface area contributed by atoms with E-state index in [1.54, 1.807) is 5.56 Å². The highest BCUT2D eigenvalue weighted by atomic mass is 32.2. The Labute approximate surface area is 171 Å². The fourth-order valence-corrected chi connectivity index (χ4v) is 5.40. The van der Waals surface area contributed by atoms with Crippen molar-refractivity contribution in [2.75, 3.05) is 6.26 Å². The third-order valence-electron chi connectivity index (χ3n) is 6.05. The van der Waals surface area contributed by atoms with Crippen molar-refractivity contribution in [3.8, 4) is 16.8 Å². The van der Waals surface area contributed by atoms with Crippen LogP contribution in [0, 0.1) is 6.92 Å². The Morgan fingerprint density at radius 2 is 1.57 bits per heavy atom. The molecule has 1 heterocycles. The summed E-state index contributed by atoms with van der Waals surface area (Å²) in [7, 11) is 0. The molecule has 0 atom stereocenters. The van der Waals surface area contributed by atoms with Crippen molar-refractivity contribution in [3.05, 3.63) is 83.6 Å². The first-order chi connectivity index (χ1) is 13.8. The van der Waals surface area contributed by atoms with E-state index in [2.05, 4.69) is 84.5 Å². The third kappa shape index (κ3) is 2.70. The second-order valence-corrected chi connectivity index (χ2v) is 8.50. The zero-order valence-electron chi connectivity index (χ0n) is 16.5. The van der Waals surface area contributed by atoms with Gasteiger partial charge in [0, 0.05) is 27.2 Å². The monoisotopic (exact) mass is 383 g/mol. The van der Waals surface area contributed by atoms with Crippen LogP contribution < -0.4 is 0 Å². The highest BCUT2D eigenvalue weighted by molar-refractivity contribution is 7.98.